The first-order chi connectivity index (χ1) is 9.40. The second-order valence-electron chi connectivity index (χ2n) is 4.55. The molecule has 0 heterocycles. The molecule has 20 heavy (non-hydrogen) atoms. The molecule has 2 N–H and O–H groups in total. The second-order valence-corrected chi connectivity index (χ2v) is 4.99. The van der Waals surface area contributed by atoms with Gasteiger partial charge in [-0.05, 0) is 36.8 Å². The van der Waals surface area contributed by atoms with Crippen molar-refractivity contribution in [3.63, 3.8) is 0 Å². The molecule has 2 rings (SSSR count). The summed E-state index contributed by atoms with van der Waals surface area (Å²) in [5, 5.41) is 0. The summed E-state index contributed by atoms with van der Waals surface area (Å²) >= 11 is 4.73. The first kappa shape index (κ1) is 14.4. The van der Waals surface area contributed by atoms with Crippen LogP contribution in [0.1, 0.15) is 11.1 Å². The van der Waals surface area contributed by atoms with Crippen molar-refractivity contribution in [3.8, 4) is 0 Å². The number of nitrogens with zero attached hydrogens (tertiary/aromatic N) is 1. The number of nitrogens with two attached hydrogens (primary N) is 1. The maximum atomic E-state index is 14.1. The topological polar surface area (TPSA) is 29.3 Å². The first-order valence-corrected chi connectivity index (χ1v) is 6.40. The van der Waals surface area contributed by atoms with Crippen LogP contribution in [0.25, 0.3) is 0 Å². The van der Waals surface area contributed by atoms with Gasteiger partial charge in [0.2, 0.25) is 0 Å². The summed E-state index contributed by atoms with van der Waals surface area (Å²) in [5.41, 5.74) is 7.15. The minimum absolute atomic E-state index is 0.0347. The zero-order valence-corrected chi connectivity index (χ0v) is 12.0. The molecule has 0 aliphatic rings. The van der Waals surface area contributed by atoms with Crippen molar-refractivity contribution in [1.29, 1.82) is 0 Å². The summed E-state index contributed by atoms with van der Waals surface area (Å²) in [6.45, 7) is 1.92. The number of benzene rings is 2. The van der Waals surface area contributed by atoms with Crippen LogP contribution in [-0.2, 0) is 0 Å². The minimum atomic E-state index is -0.697. The van der Waals surface area contributed by atoms with Gasteiger partial charge in [-0.2, -0.15) is 0 Å². The fraction of sp³-hybridized carbons (Fsp3) is 0.133. The molecule has 5 heteroatoms. The van der Waals surface area contributed by atoms with Crippen molar-refractivity contribution in [3.05, 3.63) is 59.2 Å². The van der Waals surface area contributed by atoms with Gasteiger partial charge in [0.05, 0.1) is 0 Å². The monoisotopic (exact) mass is 292 g/mol. The molecular formula is C15H14F2N2S. The Hall–Kier alpha value is -2.01. The third-order valence-electron chi connectivity index (χ3n) is 3.03. The fourth-order valence-corrected chi connectivity index (χ4v) is 2.11. The first-order valence-electron chi connectivity index (χ1n) is 5.99. The molecule has 0 atom stereocenters. The van der Waals surface area contributed by atoms with E-state index in [1.54, 1.807) is 13.1 Å². The SMILES string of the molecule is Cc1cccc(N(C)c2c(F)cc(C(N)=S)cc2F)c1. The Kier molecular flexibility index (Phi) is 3.99. The molecule has 0 radical (unpaired) electrons. The highest BCUT2D eigenvalue weighted by atomic mass is 32.1. The van der Waals surface area contributed by atoms with Crippen molar-refractivity contribution < 1.29 is 8.78 Å². The van der Waals surface area contributed by atoms with Crippen molar-refractivity contribution in [2.24, 2.45) is 5.73 Å². The summed E-state index contributed by atoms with van der Waals surface area (Å²) in [6, 6.07) is 9.67. The van der Waals surface area contributed by atoms with E-state index in [-0.39, 0.29) is 16.2 Å². The molecule has 0 amide bonds. The number of halogens is 2. The van der Waals surface area contributed by atoms with E-state index in [1.807, 2.05) is 25.1 Å². The molecule has 2 aromatic rings. The molecule has 0 saturated carbocycles. The molecule has 0 aromatic heterocycles. The van der Waals surface area contributed by atoms with E-state index in [1.165, 1.54) is 4.90 Å². The number of rotatable bonds is 3. The highest BCUT2D eigenvalue weighted by Gasteiger charge is 2.17. The smallest absolute Gasteiger partial charge is 0.150 e. The quantitative estimate of drug-likeness (QED) is 0.875. The van der Waals surface area contributed by atoms with Gasteiger partial charge in [0.25, 0.3) is 0 Å². The highest BCUT2D eigenvalue weighted by Crippen LogP contribution is 2.30. The average Bonchev–Trinajstić information content (AvgIpc) is 2.37. The van der Waals surface area contributed by atoms with Crippen LogP contribution >= 0.6 is 12.2 Å². The Morgan fingerprint density at radius 1 is 1.15 bits per heavy atom. The molecule has 104 valence electrons. The van der Waals surface area contributed by atoms with Crippen molar-refractivity contribution >= 4 is 28.6 Å². The fourth-order valence-electron chi connectivity index (χ4n) is 1.99. The summed E-state index contributed by atoms with van der Waals surface area (Å²) in [4.78, 5) is 1.42. The van der Waals surface area contributed by atoms with Gasteiger partial charge in [0.15, 0.2) is 11.6 Å². The summed E-state index contributed by atoms with van der Waals surface area (Å²) in [6.07, 6.45) is 0. The van der Waals surface area contributed by atoms with Crippen LogP contribution in [0.3, 0.4) is 0 Å². The van der Waals surface area contributed by atoms with Crippen LogP contribution in [0.15, 0.2) is 36.4 Å². The van der Waals surface area contributed by atoms with Gasteiger partial charge >= 0.3 is 0 Å². The normalized spacial score (nSPS) is 10.4. The lowest BCUT2D eigenvalue weighted by Crippen LogP contribution is -2.16. The largest absolute Gasteiger partial charge is 0.389 e. The van der Waals surface area contributed by atoms with Gasteiger partial charge in [-0.3, -0.25) is 0 Å². The molecule has 0 fully saturated rings. The standard InChI is InChI=1S/C15H14F2N2S/c1-9-4-3-5-11(6-9)19(2)14-12(16)7-10(15(18)20)8-13(14)17/h3-8H,1-2H3,(H2,18,20). The van der Waals surface area contributed by atoms with E-state index >= 15 is 0 Å². The molecule has 0 saturated heterocycles. The van der Waals surface area contributed by atoms with Crippen LogP contribution in [0, 0.1) is 18.6 Å². The van der Waals surface area contributed by atoms with E-state index in [0.717, 1.165) is 17.7 Å². The van der Waals surface area contributed by atoms with Crippen LogP contribution in [0.4, 0.5) is 20.2 Å². The van der Waals surface area contributed by atoms with Crippen molar-refractivity contribution in [2.75, 3.05) is 11.9 Å². The zero-order chi connectivity index (χ0) is 14.9. The van der Waals surface area contributed by atoms with Gasteiger partial charge in [-0.1, -0.05) is 24.4 Å². The van der Waals surface area contributed by atoms with E-state index in [9.17, 15) is 8.78 Å². The average molecular weight is 292 g/mol. The van der Waals surface area contributed by atoms with Crippen molar-refractivity contribution in [1.82, 2.24) is 0 Å². The lowest BCUT2D eigenvalue weighted by molar-refractivity contribution is 0.583. The molecule has 0 spiro atoms. The lowest BCUT2D eigenvalue weighted by atomic mass is 10.1. The third-order valence-corrected chi connectivity index (χ3v) is 3.26. The predicted molar refractivity (Wildman–Crippen MR) is 81.5 cm³/mol. The molecule has 0 aliphatic heterocycles. The van der Waals surface area contributed by atoms with Crippen LogP contribution < -0.4 is 10.6 Å². The summed E-state index contributed by atoms with van der Waals surface area (Å²) in [7, 11) is 1.61. The highest BCUT2D eigenvalue weighted by molar-refractivity contribution is 7.80. The minimum Gasteiger partial charge on any atom is -0.389 e. The van der Waals surface area contributed by atoms with Gasteiger partial charge in [0, 0.05) is 18.3 Å². The predicted octanol–water partition coefficient (Wildman–Crippen LogP) is 3.68. The number of thiocarbonyl (C=S) groups is 1. The number of hydrogen-bond acceptors (Lipinski definition) is 2. The van der Waals surface area contributed by atoms with E-state index in [4.69, 9.17) is 18.0 Å². The number of aryl methyl sites for hydroxylation is 1. The maximum Gasteiger partial charge on any atom is 0.150 e. The van der Waals surface area contributed by atoms with E-state index in [0.29, 0.717) is 5.69 Å². The molecular weight excluding hydrogens is 278 g/mol. The van der Waals surface area contributed by atoms with Gasteiger partial charge in [-0.25, -0.2) is 8.78 Å². The van der Waals surface area contributed by atoms with Crippen LogP contribution in [0.2, 0.25) is 0 Å². The Morgan fingerprint density at radius 2 is 1.75 bits per heavy atom. The van der Waals surface area contributed by atoms with Crippen LogP contribution in [-0.4, -0.2) is 12.0 Å². The van der Waals surface area contributed by atoms with E-state index < -0.39 is 11.6 Å². The Morgan fingerprint density at radius 3 is 2.25 bits per heavy atom. The van der Waals surface area contributed by atoms with Crippen LogP contribution in [0.5, 0.6) is 0 Å². The summed E-state index contributed by atoms with van der Waals surface area (Å²) < 4.78 is 28.2. The third kappa shape index (κ3) is 2.77. The van der Waals surface area contributed by atoms with Gasteiger partial charge in [-0.15, -0.1) is 0 Å². The Bertz CT molecular complexity index is 648. The Labute approximate surface area is 121 Å². The Balaban J connectivity index is 2.50. The zero-order valence-electron chi connectivity index (χ0n) is 11.2. The number of hydrogen-bond donors (Lipinski definition) is 1. The van der Waals surface area contributed by atoms with Gasteiger partial charge < -0.3 is 10.6 Å². The number of anilines is 2. The van der Waals surface area contributed by atoms with E-state index in [2.05, 4.69) is 0 Å². The maximum absolute atomic E-state index is 14.1. The molecule has 2 nitrogen and oxygen atoms in total. The summed E-state index contributed by atoms with van der Waals surface area (Å²) in [5.74, 6) is -1.39. The van der Waals surface area contributed by atoms with Crippen molar-refractivity contribution in [2.45, 2.75) is 6.92 Å². The lowest BCUT2D eigenvalue weighted by Gasteiger charge is -2.21. The molecule has 2 aromatic carbocycles. The molecule has 0 unspecified atom stereocenters. The molecule has 0 bridgehead atoms. The van der Waals surface area contributed by atoms with Gasteiger partial charge in [0.1, 0.15) is 10.7 Å². The molecule has 0 aliphatic carbocycles. The second kappa shape index (κ2) is 5.54.